The Kier molecular flexibility index (Phi) is 6.13. The SMILES string of the molecule is COC[C@@H](O)[C@@H](O)[C@H](O)[C@H](O)CN. The van der Waals surface area contributed by atoms with Crippen LogP contribution >= 0.6 is 0 Å². The maximum atomic E-state index is 9.22. The molecule has 0 aliphatic carbocycles. The van der Waals surface area contributed by atoms with Crippen LogP contribution in [0.25, 0.3) is 0 Å². The zero-order chi connectivity index (χ0) is 10.4. The normalized spacial score (nSPS) is 20.8. The molecule has 6 nitrogen and oxygen atoms in total. The molecule has 6 N–H and O–H groups in total. The molecule has 0 spiro atoms. The van der Waals surface area contributed by atoms with Crippen molar-refractivity contribution in [3.8, 4) is 0 Å². The smallest absolute Gasteiger partial charge is 0.111 e. The van der Waals surface area contributed by atoms with Crippen LogP contribution in [0.5, 0.6) is 0 Å². The summed E-state index contributed by atoms with van der Waals surface area (Å²) >= 11 is 0. The minimum absolute atomic E-state index is 0.116. The van der Waals surface area contributed by atoms with E-state index >= 15 is 0 Å². The minimum Gasteiger partial charge on any atom is -0.389 e. The highest BCUT2D eigenvalue weighted by Gasteiger charge is 2.29. The van der Waals surface area contributed by atoms with Gasteiger partial charge in [0.05, 0.1) is 12.7 Å². The summed E-state index contributed by atoms with van der Waals surface area (Å²) in [6.45, 7) is -0.298. The van der Waals surface area contributed by atoms with Gasteiger partial charge in [-0.25, -0.2) is 0 Å². The van der Waals surface area contributed by atoms with E-state index in [4.69, 9.17) is 15.9 Å². The largest absolute Gasteiger partial charge is 0.389 e. The van der Waals surface area contributed by atoms with Gasteiger partial charge in [-0.15, -0.1) is 0 Å². The molecule has 0 aliphatic heterocycles. The van der Waals surface area contributed by atoms with Gasteiger partial charge in [-0.05, 0) is 0 Å². The number of methoxy groups -OCH3 is 1. The number of ether oxygens (including phenoxy) is 1. The van der Waals surface area contributed by atoms with Gasteiger partial charge in [-0.3, -0.25) is 0 Å². The molecule has 0 radical (unpaired) electrons. The summed E-state index contributed by atoms with van der Waals surface area (Å²) in [4.78, 5) is 0. The monoisotopic (exact) mass is 195 g/mol. The van der Waals surface area contributed by atoms with E-state index in [1.807, 2.05) is 0 Å². The molecule has 0 heterocycles. The zero-order valence-corrected chi connectivity index (χ0v) is 7.50. The molecule has 0 aliphatic rings. The molecule has 0 aromatic carbocycles. The number of aliphatic hydroxyl groups excluding tert-OH is 4. The van der Waals surface area contributed by atoms with Gasteiger partial charge < -0.3 is 30.9 Å². The van der Waals surface area contributed by atoms with Gasteiger partial charge in [0.1, 0.15) is 18.3 Å². The Morgan fingerprint density at radius 2 is 1.54 bits per heavy atom. The number of nitrogens with two attached hydrogens (primary N) is 1. The van der Waals surface area contributed by atoms with Crippen molar-refractivity contribution < 1.29 is 25.2 Å². The van der Waals surface area contributed by atoms with Crippen LogP contribution in [-0.2, 0) is 4.74 Å². The third-order valence-electron chi connectivity index (χ3n) is 1.72. The lowest BCUT2D eigenvalue weighted by atomic mass is 10.0. The second-order valence-electron chi connectivity index (χ2n) is 2.81. The quantitative estimate of drug-likeness (QED) is 0.309. The van der Waals surface area contributed by atoms with Crippen molar-refractivity contribution in [2.75, 3.05) is 20.3 Å². The lowest BCUT2D eigenvalue weighted by Gasteiger charge is -2.25. The van der Waals surface area contributed by atoms with Crippen molar-refractivity contribution in [3.63, 3.8) is 0 Å². The molecular formula is C7H17NO5. The highest BCUT2D eigenvalue weighted by atomic mass is 16.5. The number of hydrogen-bond donors (Lipinski definition) is 5. The van der Waals surface area contributed by atoms with Gasteiger partial charge >= 0.3 is 0 Å². The first kappa shape index (κ1) is 12.8. The number of aliphatic hydroxyl groups is 4. The molecule has 4 atom stereocenters. The summed E-state index contributed by atoms with van der Waals surface area (Å²) in [6, 6.07) is 0. The van der Waals surface area contributed by atoms with Gasteiger partial charge in [0, 0.05) is 13.7 Å². The summed E-state index contributed by atoms with van der Waals surface area (Å²) in [7, 11) is 1.35. The fourth-order valence-electron chi connectivity index (χ4n) is 0.864. The molecule has 0 rings (SSSR count). The third-order valence-corrected chi connectivity index (χ3v) is 1.72. The first-order valence-electron chi connectivity index (χ1n) is 3.95. The van der Waals surface area contributed by atoms with E-state index in [0.717, 1.165) is 0 Å². The predicted molar refractivity (Wildman–Crippen MR) is 45.0 cm³/mol. The van der Waals surface area contributed by atoms with E-state index in [-0.39, 0.29) is 13.2 Å². The van der Waals surface area contributed by atoms with Crippen LogP contribution in [0, 0.1) is 0 Å². The van der Waals surface area contributed by atoms with Crippen molar-refractivity contribution in [1.29, 1.82) is 0 Å². The molecule has 0 aromatic heterocycles. The van der Waals surface area contributed by atoms with Crippen LogP contribution in [0.15, 0.2) is 0 Å². The molecule has 0 saturated heterocycles. The summed E-state index contributed by atoms with van der Waals surface area (Å²) in [5, 5.41) is 36.6. The van der Waals surface area contributed by atoms with E-state index < -0.39 is 24.4 Å². The van der Waals surface area contributed by atoms with Gasteiger partial charge in [-0.1, -0.05) is 0 Å². The maximum absolute atomic E-state index is 9.22. The minimum atomic E-state index is -1.46. The Labute approximate surface area is 76.6 Å². The zero-order valence-electron chi connectivity index (χ0n) is 7.50. The number of rotatable bonds is 6. The molecule has 13 heavy (non-hydrogen) atoms. The average molecular weight is 195 g/mol. The number of hydrogen-bond acceptors (Lipinski definition) is 6. The van der Waals surface area contributed by atoms with Crippen LogP contribution in [0.4, 0.5) is 0 Å². The van der Waals surface area contributed by atoms with Crippen LogP contribution in [0.2, 0.25) is 0 Å². The first-order chi connectivity index (χ1) is 6.04. The topological polar surface area (TPSA) is 116 Å². The highest BCUT2D eigenvalue weighted by Crippen LogP contribution is 2.04. The van der Waals surface area contributed by atoms with E-state index in [2.05, 4.69) is 4.74 Å². The summed E-state index contributed by atoms with van der Waals surface area (Å²) in [5.41, 5.74) is 5.05. The van der Waals surface area contributed by atoms with E-state index in [1.54, 1.807) is 0 Å². The second-order valence-corrected chi connectivity index (χ2v) is 2.81. The van der Waals surface area contributed by atoms with Gasteiger partial charge in [0.25, 0.3) is 0 Å². The van der Waals surface area contributed by atoms with Crippen LogP contribution in [-0.4, -0.2) is 65.1 Å². The van der Waals surface area contributed by atoms with Crippen molar-refractivity contribution in [2.24, 2.45) is 5.73 Å². The Hall–Kier alpha value is -0.240. The lowest BCUT2D eigenvalue weighted by molar-refractivity contribution is -0.115. The molecular weight excluding hydrogens is 178 g/mol. The van der Waals surface area contributed by atoms with E-state index in [9.17, 15) is 10.2 Å². The Bertz CT molecular complexity index is 134. The van der Waals surface area contributed by atoms with Crippen LogP contribution < -0.4 is 5.73 Å². The summed E-state index contributed by atoms with van der Waals surface area (Å²) in [6.07, 6.45) is -5.41. The molecule has 0 unspecified atom stereocenters. The van der Waals surface area contributed by atoms with Crippen molar-refractivity contribution >= 4 is 0 Å². The third kappa shape index (κ3) is 3.99. The lowest BCUT2D eigenvalue weighted by Crippen LogP contribution is -2.48. The molecule has 0 saturated carbocycles. The second kappa shape index (κ2) is 6.25. The molecule has 80 valence electrons. The van der Waals surface area contributed by atoms with E-state index in [0.29, 0.717) is 0 Å². The summed E-state index contributed by atoms with van der Waals surface area (Å²) in [5.74, 6) is 0. The molecule has 0 fully saturated rings. The van der Waals surface area contributed by atoms with Gasteiger partial charge in [-0.2, -0.15) is 0 Å². The van der Waals surface area contributed by atoms with Crippen molar-refractivity contribution in [1.82, 2.24) is 0 Å². The fourth-order valence-corrected chi connectivity index (χ4v) is 0.864. The predicted octanol–water partition coefficient (Wildman–Crippen LogP) is -2.96. The standard InChI is InChI=1S/C7H17NO5/c1-13-3-5(10)7(12)6(11)4(9)2-8/h4-7,9-12H,2-3,8H2,1H3/t4-,5-,6-,7-/m1/s1. The maximum Gasteiger partial charge on any atom is 0.111 e. The summed E-state index contributed by atoms with van der Waals surface area (Å²) < 4.78 is 4.55. The highest BCUT2D eigenvalue weighted by molar-refractivity contribution is 4.80. The van der Waals surface area contributed by atoms with Crippen LogP contribution in [0.1, 0.15) is 0 Å². The average Bonchev–Trinajstić information content (AvgIpc) is 2.14. The molecule has 0 amide bonds. The van der Waals surface area contributed by atoms with E-state index in [1.165, 1.54) is 7.11 Å². The van der Waals surface area contributed by atoms with Crippen molar-refractivity contribution in [3.05, 3.63) is 0 Å². The first-order valence-corrected chi connectivity index (χ1v) is 3.95. The van der Waals surface area contributed by atoms with Gasteiger partial charge in [0.15, 0.2) is 0 Å². The Balaban J connectivity index is 3.99. The molecule has 0 bridgehead atoms. The molecule has 6 heteroatoms. The molecule has 0 aromatic rings. The Morgan fingerprint density at radius 3 is 1.92 bits per heavy atom. The Morgan fingerprint density at radius 1 is 1.08 bits per heavy atom. The van der Waals surface area contributed by atoms with Crippen LogP contribution in [0.3, 0.4) is 0 Å². The van der Waals surface area contributed by atoms with Gasteiger partial charge in [0.2, 0.25) is 0 Å². The fraction of sp³-hybridized carbons (Fsp3) is 1.00. The van der Waals surface area contributed by atoms with Crippen molar-refractivity contribution in [2.45, 2.75) is 24.4 Å².